The van der Waals surface area contributed by atoms with Crippen LogP contribution in [0.4, 0.5) is 0 Å². The lowest BCUT2D eigenvalue weighted by molar-refractivity contribution is 0.650. The van der Waals surface area contributed by atoms with Crippen LogP contribution in [0.25, 0.3) is 5.52 Å². The van der Waals surface area contributed by atoms with Crippen molar-refractivity contribution in [1.82, 2.24) is 9.61 Å². The molecule has 0 aliphatic carbocycles. The maximum Gasteiger partial charge on any atom is 0.0650 e. The van der Waals surface area contributed by atoms with Crippen LogP contribution >= 0.6 is 0 Å². The molecular weight excluding hydrogens is 162 g/mol. The highest BCUT2D eigenvalue weighted by atomic mass is 15.2. The van der Waals surface area contributed by atoms with Gasteiger partial charge in [-0.15, -0.1) is 0 Å². The van der Waals surface area contributed by atoms with Gasteiger partial charge in [-0.3, -0.25) is 0 Å². The van der Waals surface area contributed by atoms with Crippen LogP contribution in [-0.4, -0.2) is 9.61 Å². The largest absolute Gasteiger partial charge is 0.323 e. The Bertz CT molecular complexity index is 405. The van der Waals surface area contributed by atoms with E-state index in [0.717, 1.165) is 17.6 Å². The Kier molecular flexibility index (Phi) is 2.02. The zero-order valence-corrected chi connectivity index (χ0v) is 7.64. The smallest absolute Gasteiger partial charge is 0.0650 e. The fourth-order valence-electron chi connectivity index (χ4n) is 1.46. The summed E-state index contributed by atoms with van der Waals surface area (Å²) in [6, 6.07) is 8.11. The van der Waals surface area contributed by atoms with E-state index in [1.54, 1.807) is 6.20 Å². The molecule has 3 heteroatoms. The van der Waals surface area contributed by atoms with Crippen LogP contribution < -0.4 is 5.73 Å². The van der Waals surface area contributed by atoms with Crippen molar-refractivity contribution in [3.63, 3.8) is 0 Å². The van der Waals surface area contributed by atoms with Crippen molar-refractivity contribution in [2.24, 2.45) is 5.73 Å². The van der Waals surface area contributed by atoms with E-state index < -0.39 is 0 Å². The zero-order valence-electron chi connectivity index (χ0n) is 7.64. The molecule has 0 fully saturated rings. The molecule has 1 unspecified atom stereocenters. The Labute approximate surface area is 77.2 Å². The highest BCUT2D eigenvalue weighted by Crippen LogP contribution is 2.16. The molecule has 0 amide bonds. The number of rotatable bonds is 2. The van der Waals surface area contributed by atoms with Crippen molar-refractivity contribution >= 4 is 5.52 Å². The summed E-state index contributed by atoms with van der Waals surface area (Å²) in [7, 11) is 0. The van der Waals surface area contributed by atoms with Crippen molar-refractivity contribution in [1.29, 1.82) is 0 Å². The molecule has 2 N–H and O–H groups in total. The second kappa shape index (κ2) is 3.18. The molecule has 0 saturated carbocycles. The maximum atomic E-state index is 5.94. The molecule has 2 rings (SSSR count). The highest BCUT2D eigenvalue weighted by molar-refractivity contribution is 5.48. The lowest BCUT2D eigenvalue weighted by Crippen LogP contribution is -2.12. The minimum absolute atomic E-state index is 0.0809. The van der Waals surface area contributed by atoms with Gasteiger partial charge in [-0.25, -0.2) is 4.52 Å². The Hall–Kier alpha value is -1.35. The molecule has 13 heavy (non-hydrogen) atoms. The summed E-state index contributed by atoms with van der Waals surface area (Å²) < 4.78 is 1.90. The summed E-state index contributed by atoms with van der Waals surface area (Å²) in [6.07, 6.45) is 2.71. The summed E-state index contributed by atoms with van der Waals surface area (Å²) in [5.41, 5.74) is 8.12. The predicted octanol–water partition coefficient (Wildman–Crippen LogP) is 1.74. The first-order chi connectivity index (χ1) is 6.33. The molecule has 0 bridgehead atoms. The first-order valence-corrected chi connectivity index (χ1v) is 4.51. The molecule has 1 atom stereocenters. The van der Waals surface area contributed by atoms with E-state index >= 15 is 0 Å². The lowest BCUT2D eigenvalue weighted by atomic mass is 10.2. The number of hydrogen-bond acceptors (Lipinski definition) is 2. The standard InChI is InChI=1S/C10H13N3/c1-2-9(11)10-6-5-8-4-3-7-12-13(8)10/h3-7,9H,2,11H2,1H3. The maximum absolute atomic E-state index is 5.94. The van der Waals surface area contributed by atoms with Crippen LogP contribution in [0, 0.1) is 0 Å². The summed E-state index contributed by atoms with van der Waals surface area (Å²) in [6.45, 7) is 2.08. The van der Waals surface area contributed by atoms with Crippen molar-refractivity contribution in [3.05, 3.63) is 36.2 Å². The molecule has 0 radical (unpaired) electrons. The Morgan fingerprint density at radius 3 is 3.08 bits per heavy atom. The second-order valence-corrected chi connectivity index (χ2v) is 3.13. The van der Waals surface area contributed by atoms with Gasteiger partial charge in [0.25, 0.3) is 0 Å². The second-order valence-electron chi connectivity index (χ2n) is 3.13. The van der Waals surface area contributed by atoms with Crippen LogP contribution in [0.15, 0.2) is 30.5 Å². The number of nitrogens with two attached hydrogens (primary N) is 1. The van der Waals surface area contributed by atoms with Crippen LogP contribution in [0.3, 0.4) is 0 Å². The minimum Gasteiger partial charge on any atom is -0.323 e. The summed E-state index contributed by atoms with van der Waals surface area (Å²) in [5.74, 6) is 0. The van der Waals surface area contributed by atoms with E-state index in [0.29, 0.717) is 0 Å². The topological polar surface area (TPSA) is 43.3 Å². The quantitative estimate of drug-likeness (QED) is 0.755. The van der Waals surface area contributed by atoms with Gasteiger partial charge in [-0.2, -0.15) is 5.10 Å². The SMILES string of the molecule is CCC(N)c1ccc2cccnn12. The number of aromatic nitrogens is 2. The average Bonchev–Trinajstić information content (AvgIpc) is 2.60. The first-order valence-electron chi connectivity index (χ1n) is 4.51. The van der Waals surface area contributed by atoms with Gasteiger partial charge in [-0.05, 0) is 30.7 Å². The van der Waals surface area contributed by atoms with Gasteiger partial charge in [0.15, 0.2) is 0 Å². The van der Waals surface area contributed by atoms with E-state index in [9.17, 15) is 0 Å². The molecule has 2 heterocycles. The van der Waals surface area contributed by atoms with Crippen LogP contribution in [0.1, 0.15) is 25.1 Å². The number of fused-ring (bicyclic) bond motifs is 1. The Morgan fingerprint density at radius 2 is 2.31 bits per heavy atom. The van der Waals surface area contributed by atoms with E-state index in [1.165, 1.54) is 0 Å². The minimum atomic E-state index is 0.0809. The van der Waals surface area contributed by atoms with Gasteiger partial charge in [0.2, 0.25) is 0 Å². The van der Waals surface area contributed by atoms with Crippen molar-refractivity contribution in [3.8, 4) is 0 Å². The van der Waals surface area contributed by atoms with E-state index in [2.05, 4.69) is 12.0 Å². The van der Waals surface area contributed by atoms with Crippen molar-refractivity contribution in [2.75, 3.05) is 0 Å². The van der Waals surface area contributed by atoms with Gasteiger partial charge in [0.05, 0.1) is 11.2 Å². The molecular formula is C10H13N3. The van der Waals surface area contributed by atoms with Crippen LogP contribution in [-0.2, 0) is 0 Å². The molecule has 0 aromatic carbocycles. The fraction of sp³-hybridized carbons (Fsp3) is 0.300. The van der Waals surface area contributed by atoms with Crippen LogP contribution in [0.2, 0.25) is 0 Å². The molecule has 2 aromatic rings. The summed E-state index contributed by atoms with van der Waals surface area (Å²) in [5, 5.41) is 4.25. The molecule has 3 nitrogen and oxygen atoms in total. The van der Waals surface area contributed by atoms with Crippen molar-refractivity contribution in [2.45, 2.75) is 19.4 Å². The average molecular weight is 175 g/mol. The molecule has 68 valence electrons. The van der Waals surface area contributed by atoms with E-state index in [-0.39, 0.29) is 6.04 Å². The fourth-order valence-corrected chi connectivity index (χ4v) is 1.46. The Morgan fingerprint density at radius 1 is 1.46 bits per heavy atom. The van der Waals surface area contributed by atoms with Gasteiger partial charge in [0, 0.05) is 12.2 Å². The van der Waals surface area contributed by atoms with Gasteiger partial charge < -0.3 is 5.73 Å². The summed E-state index contributed by atoms with van der Waals surface area (Å²) >= 11 is 0. The van der Waals surface area contributed by atoms with Gasteiger partial charge >= 0.3 is 0 Å². The van der Waals surface area contributed by atoms with Gasteiger partial charge in [-0.1, -0.05) is 6.92 Å². The van der Waals surface area contributed by atoms with E-state index in [1.807, 2.05) is 28.8 Å². The zero-order chi connectivity index (χ0) is 9.26. The third-order valence-corrected chi connectivity index (χ3v) is 2.27. The third kappa shape index (κ3) is 1.31. The predicted molar refractivity (Wildman–Crippen MR) is 52.4 cm³/mol. The monoisotopic (exact) mass is 175 g/mol. The lowest BCUT2D eigenvalue weighted by Gasteiger charge is -2.07. The number of nitrogens with zero attached hydrogens (tertiary/aromatic N) is 2. The van der Waals surface area contributed by atoms with Crippen molar-refractivity contribution < 1.29 is 0 Å². The van der Waals surface area contributed by atoms with Crippen LogP contribution in [0.5, 0.6) is 0 Å². The van der Waals surface area contributed by atoms with E-state index in [4.69, 9.17) is 5.73 Å². The molecule has 0 spiro atoms. The Balaban J connectivity index is 2.57. The first kappa shape index (κ1) is 8.26. The third-order valence-electron chi connectivity index (χ3n) is 2.27. The summed E-state index contributed by atoms with van der Waals surface area (Å²) in [4.78, 5) is 0. The molecule has 0 saturated heterocycles. The molecule has 0 aliphatic rings. The van der Waals surface area contributed by atoms with Gasteiger partial charge in [0.1, 0.15) is 0 Å². The highest BCUT2D eigenvalue weighted by Gasteiger charge is 2.08. The molecule has 2 aromatic heterocycles. The normalized spacial score (nSPS) is 13.4. The number of hydrogen-bond donors (Lipinski definition) is 1. The molecule has 0 aliphatic heterocycles.